The minimum absolute atomic E-state index is 0.0256. The van der Waals surface area contributed by atoms with Crippen LogP contribution in [0.1, 0.15) is 65.5 Å². The Kier molecular flexibility index (Phi) is 5.86. The highest BCUT2D eigenvalue weighted by Gasteiger charge is 2.31. The summed E-state index contributed by atoms with van der Waals surface area (Å²) in [6, 6.07) is 4.32. The number of likely N-dealkylation sites (tertiary alicyclic amines) is 1. The van der Waals surface area contributed by atoms with Crippen LogP contribution in [0.25, 0.3) is 0 Å². The molecule has 5 heteroatoms. The highest BCUT2D eigenvalue weighted by molar-refractivity contribution is 5.88. The van der Waals surface area contributed by atoms with E-state index in [4.69, 9.17) is 4.74 Å². The van der Waals surface area contributed by atoms with Gasteiger partial charge in [0.25, 0.3) is 0 Å². The Hall–Kier alpha value is -1.62. The van der Waals surface area contributed by atoms with Gasteiger partial charge in [0, 0.05) is 23.8 Å². The minimum Gasteiger partial charge on any atom is -0.443 e. The molecule has 24 heavy (non-hydrogen) atoms. The molecule has 1 aromatic rings. The van der Waals surface area contributed by atoms with Gasteiger partial charge in [-0.2, -0.15) is 0 Å². The topological polar surface area (TPSA) is 45.7 Å². The molecule has 1 aromatic heterocycles. The Morgan fingerprint density at radius 2 is 2.08 bits per heavy atom. The second-order valence-electron chi connectivity index (χ2n) is 7.85. The van der Waals surface area contributed by atoms with Gasteiger partial charge >= 0.3 is 6.09 Å². The molecule has 0 spiro atoms. The first kappa shape index (κ1) is 18.7. The predicted molar refractivity (Wildman–Crippen MR) is 97.3 cm³/mol. The van der Waals surface area contributed by atoms with Crippen molar-refractivity contribution in [2.24, 2.45) is 0 Å². The van der Waals surface area contributed by atoms with Crippen molar-refractivity contribution in [1.29, 1.82) is 0 Å². The fourth-order valence-electron chi connectivity index (χ4n) is 3.19. The van der Waals surface area contributed by atoms with Crippen molar-refractivity contribution in [2.45, 2.75) is 71.6 Å². The minimum atomic E-state index is -0.527. The largest absolute Gasteiger partial charge is 0.443 e. The summed E-state index contributed by atoms with van der Waals surface area (Å²) in [6.45, 7) is 10.7. The maximum absolute atomic E-state index is 12.8. The van der Waals surface area contributed by atoms with Crippen molar-refractivity contribution in [1.82, 2.24) is 9.88 Å². The normalized spacial score (nSPS) is 19.4. The van der Waals surface area contributed by atoms with E-state index in [1.807, 2.05) is 40.7 Å². The molecule has 1 aliphatic heterocycles. The van der Waals surface area contributed by atoms with Crippen molar-refractivity contribution in [3.8, 4) is 0 Å². The zero-order valence-corrected chi connectivity index (χ0v) is 15.9. The van der Waals surface area contributed by atoms with Crippen LogP contribution in [0.4, 0.5) is 10.6 Å². The first-order valence-corrected chi connectivity index (χ1v) is 8.88. The standard InChI is InChI=1S/C19H31N3O2/c1-14(2)22(18(23)24-19(3,4)5)17-15(10-9-12-20-17)16-11-7-8-13-21(16)6/h9-10,12,14,16H,7-8,11,13H2,1-6H3/t16-/m0/s1. The molecule has 2 rings (SSSR count). The van der Waals surface area contributed by atoms with E-state index in [1.165, 1.54) is 12.8 Å². The number of amides is 1. The smallest absolute Gasteiger partial charge is 0.416 e. The Morgan fingerprint density at radius 3 is 2.67 bits per heavy atom. The third-order valence-electron chi connectivity index (χ3n) is 4.28. The lowest BCUT2D eigenvalue weighted by Gasteiger charge is -2.36. The second kappa shape index (κ2) is 7.51. The number of anilines is 1. The predicted octanol–water partition coefficient (Wildman–Crippen LogP) is 4.39. The molecular weight excluding hydrogens is 302 g/mol. The molecule has 0 bridgehead atoms. The summed E-state index contributed by atoms with van der Waals surface area (Å²) < 4.78 is 5.62. The van der Waals surface area contributed by atoms with Crippen molar-refractivity contribution in [3.63, 3.8) is 0 Å². The molecule has 0 aromatic carbocycles. The van der Waals surface area contributed by atoms with E-state index >= 15 is 0 Å². The molecule has 2 heterocycles. The van der Waals surface area contributed by atoms with E-state index in [9.17, 15) is 4.79 Å². The highest BCUT2D eigenvalue weighted by Crippen LogP contribution is 2.35. The van der Waals surface area contributed by atoms with Crippen molar-refractivity contribution in [2.75, 3.05) is 18.5 Å². The van der Waals surface area contributed by atoms with Gasteiger partial charge in [-0.05, 0) is 67.1 Å². The number of carbonyl (C=O) groups is 1. The summed E-state index contributed by atoms with van der Waals surface area (Å²) in [5, 5.41) is 0. The van der Waals surface area contributed by atoms with Crippen molar-refractivity contribution < 1.29 is 9.53 Å². The average Bonchev–Trinajstić information content (AvgIpc) is 2.46. The fourth-order valence-corrected chi connectivity index (χ4v) is 3.19. The van der Waals surface area contributed by atoms with Crippen LogP contribution < -0.4 is 4.90 Å². The number of nitrogens with zero attached hydrogens (tertiary/aromatic N) is 3. The quantitative estimate of drug-likeness (QED) is 0.823. The van der Waals surface area contributed by atoms with Gasteiger partial charge in [0.2, 0.25) is 0 Å². The first-order chi connectivity index (χ1) is 11.2. The summed E-state index contributed by atoms with van der Waals surface area (Å²) in [5.41, 5.74) is 0.583. The molecule has 5 nitrogen and oxygen atoms in total. The van der Waals surface area contributed by atoms with Gasteiger partial charge in [0.05, 0.1) is 0 Å². The summed E-state index contributed by atoms with van der Waals surface area (Å²) >= 11 is 0. The lowest BCUT2D eigenvalue weighted by Crippen LogP contribution is -2.43. The second-order valence-corrected chi connectivity index (χ2v) is 7.85. The van der Waals surface area contributed by atoms with Crippen LogP contribution in [0.3, 0.4) is 0 Å². The summed E-state index contributed by atoms with van der Waals surface area (Å²) in [4.78, 5) is 21.4. The lowest BCUT2D eigenvalue weighted by molar-refractivity contribution is 0.0568. The zero-order valence-electron chi connectivity index (χ0n) is 15.9. The maximum atomic E-state index is 12.8. The number of piperidine rings is 1. The van der Waals surface area contributed by atoms with Crippen LogP contribution in [0, 0.1) is 0 Å². The van der Waals surface area contributed by atoms with Crippen LogP contribution in [-0.4, -0.2) is 41.2 Å². The third kappa shape index (κ3) is 4.47. The SMILES string of the molecule is CC(C)N(C(=O)OC(C)(C)C)c1ncccc1[C@@H]1CCCCN1C. The number of rotatable bonds is 3. The molecule has 1 atom stereocenters. The van der Waals surface area contributed by atoms with Crippen LogP contribution in [0.2, 0.25) is 0 Å². The van der Waals surface area contributed by atoms with Gasteiger partial charge in [-0.25, -0.2) is 9.78 Å². The zero-order chi connectivity index (χ0) is 17.9. The number of hydrogen-bond donors (Lipinski definition) is 0. The number of hydrogen-bond acceptors (Lipinski definition) is 4. The van der Waals surface area contributed by atoms with Crippen LogP contribution in [-0.2, 0) is 4.74 Å². The Labute approximate surface area is 146 Å². The van der Waals surface area contributed by atoms with Gasteiger partial charge in [-0.3, -0.25) is 9.80 Å². The third-order valence-corrected chi connectivity index (χ3v) is 4.28. The fraction of sp³-hybridized carbons (Fsp3) is 0.684. The lowest BCUT2D eigenvalue weighted by atomic mass is 9.96. The van der Waals surface area contributed by atoms with Crippen LogP contribution in [0.5, 0.6) is 0 Å². The van der Waals surface area contributed by atoms with Gasteiger partial charge < -0.3 is 4.74 Å². The van der Waals surface area contributed by atoms with Gasteiger partial charge in [-0.1, -0.05) is 12.5 Å². The van der Waals surface area contributed by atoms with Crippen LogP contribution >= 0.6 is 0 Å². The van der Waals surface area contributed by atoms with Gasteiger partial charge in [0.1, 0.15) is 11.4 Å². The maximum Gasteiger partial charge on any atom is 0.416 e. The molecule has 0 saturated carbocycles. The Balaban J connectivity index is 2.39. The monoisotopic (exact) mass is 333 g/mol. The van der Waals surface area contributed by atoms with E-state index in [1.54, 1.807) is 11.1 Å². The van der Waals surface area contributed by atoms with Crippen molar-refractivity contribution in [3.05, 3.63) is 23.9 Å². The first-order valence-electron chi connectivity index (χ1n) is 8.88. The van der Waals surface area contributed by atoms with E-state index in [-0.39, 0.29) is 12.1 Å². The van der Waals surface area contributed by atoms with Gasteiger partial charge in [-0.15, -0.1) is 0 Å². The molecule has 1 saturated heterocycles. The van der Waals surface area contributed by atoms with E-state index < -0.39 is 5.60 Å². The molecule has 1 aliphatic rings. The van der Waals surface area contributed by atoms with Crippen molar-refractivity contribution >= 4 is 11.9 Å². The van der Waals surface area contributed by atoms with E-state index in [0.717, 1.165) is 24.3 Å². The summed E-state index contributed by atoms with van der Waals surface area (Å²) in [6.07, 6.45) is 4.94. The summed E-state index contributed by atoms with van der Waals surface area (Å²) in [5.74, 6) is 0.723. The average molecular weight is 333 g/mol. The van der Waals surface area contributed by atoms with E-state index in [2.05, 4.69) is 23.0 Å². The highest BCUT2D eigenvalue weighted by atomic mass is 16.6. The molecule has 0 aliphatic carbocycles. The molecular formula is C19H31N3O2. The Morgan fingerprint density at radius 1 is 1.38 bits per heavy atom. The molecule has 1 fully saturated rings. The van der Waals surface area contributed by atoms with E-state index in [0.29, 0.717) is 6.04 Å². The Bertz CT molecular complexity index is 566. The molecule has 134 valence electrons. The molecule has 0 unspecified atom stereocenters. The van der Waals surface area contributed by atoms with Gasteiger partial charge in [0.15, 0.2) is 0 Å². The number of ether oxygens (including phenoxy) is 1. The summed E-state index contributed by atoms with van der Waals surface area (Å²) in [7, 11) is 2.15. The number of pyridine rings is 1. The molecule has 1 amide bonds. The number of carbonyl (C=O) groups excluding carboxylic acids is 1. The molecule has 0 N–H and O–H groups in total. The van der Waals surface area contributed by atoms with Crippen LogP contribution in [0.15, 0.2) is 18.3 Å². The number of aromatic nitrogens is 1. The molecule has 0 radical (unpaired) electrons.